The molecule has 0 spiro atoms. The summed E-state index contributed by atoms with van der Waals surface area (Å²) in [4.78, 5) is 68.7. The maximum Gasteiger partial charge on any atom is 0.348 e. The summed E-state index contributed by atoms with van der Waals surface area (Å²) in [7, 11) is -11.3. The van der Waals surface area contributed by atoms with E-state index in [0.717, 1.165) is 164 Å². The third-order valence-corrected chi connectivity index (χ3v) is 39.1. The SMILES string of the molecule is CCOP(=O)(Nc1cc(-c2ccc(-c3cc4ncccc4o3)cc2)sc1C(=O)O)C1CCC(C)CC1.CCOP(=O)(Nc1cc(-c2ccc(-c3cc4ncccc4o3)cc2)sc1C(=O)O)c1ccc(Cl)cc1C.CCOP(=O)(Nc1cc(-c2ccc(-c3cc4ncccc4o3)cc2)sc1C(=O)O)c1ccc(Cl)cc1Cl.COP(=O)(c1ccc(C)cc1)N(C)c1cc(-c2ccc(-c3cc4ncccc4o3)cc2)sc1C(=O)O. The van der Waals surface area contributed by atoms with Gasteiger partial charge in [-0.05, 0) is 215 Å². The number of hydrogen-bond acceptors (Lipinski definition) is 24. The van der Waals surface area contributed by atoms with Gasteiger partial charge in [0, 0.05) is 115 Å². The summed E-state index contributed by atoms with van der Waals surface area (Å²) >= 11 is 22.8. The van der Waals surface area contributed by atoms with E-state index in [9.17, 15) is 57.9 Å². The number of carbonyl (C=O) groups is 4. The number of thiophene rings is 4. The third kappa shape index (κ3) is 23.1. The number of aryl methyl sites for hydroxylation is 2. The Kier molecular flexibility index (Phi) is 32.1. The minimum Gasteiger partial charge on any atom is -0.477 e. The number of carboxylic acid groups (broad SMARTS) is 4. The van der Waals surface area contributed by atoms with Crippen LogP contribution in [0.5, 0.6) is 0 Å². The number of fused-ring (bicyclic) bond motifs is 4. The quantitative estimate of drug-likeness (QED) is 0.0198. The first-order chi connectivity index (χ1) is 70.2. The van der Waals surface area contributed by atoms with Crippen molar-refractivity contribution in [2.75, 3.05) is 53.9 Å². The Morgan fingerprint density at radius 3 is 1.07 bits per heavy atom. The standard InChI is InChI=1S/C27H22ClN2O5PS.C27H23N2O5PS.C27H29N2O5PS.C26H19Cl2N2O5PS/c1-3-34-36(33,24-11-10-19(28)13-16(24)2)30-21-15-25(37-26(21)27(31)32)18-8-6-17(7-9-18)23-14-20-22(35-23)5-4-12-29-20;1-17-6-12-20(13-7-17)35(32,33-3)29(2)22-16-25(36-26(22)27(30)31)19-10-8-18(9-11-19)24-15-21-23(34-24)5-4-14-28-21;1-3-33-35(32,20-12-6-17(2)7-13-20)29-22-16-25(36-26(22)27(30)31)19-10-8-18(9-11-19)24-15-21-23(34-24)5-4-14-28-21;1-2-34-36(33,23-10-9-17(27)12-18(23)28)30-20-14-24(37-25(20)26(31)32)16-7-5-15(6-8-16)22-13-19-21(35-22)4-3-11-29-19/h4-15H,3H2,1-2H3,(H,30,33)(H,31,32);4-16H,1-3H3,(H,30,31);4-5,8-11,14-17,20H,3,6-7,12-13H2,1-2H3,(H,29,32)(H,30,31);3-14H,2H2,1H3,(H,30,33)(H,31,32). The molecule has 4 unspecified atom stereocenters. The van der Waals surface area contributed by atoms with E-state index in [2.05, 4.69) is 42.1 Å². The van der Waals surface area contributed by atoms with Gasteiger partial charge in [-0.2, -0.15) is 0 Å². The Labute approximate surface area is 869 Å². The number of aromatic carboxylic acids is 4. The molecular weight excluding hydrogens is 2080 g/mol. The van der Waals surface area contributed by atoms with Gasteiger partial charge in [0.15, 0.2) is 22.3 Å². The predicted molar refractivity (Wildman–Crippen MR) is 585 cm³/mol. The van der Waals surface area contributed by atoms with E-state index >= 15 is 0 Å². The van der Waals surface area contributed by atoms with Crippen LogP contribution in [0.4, 0.5) is 22.7 Å². The maximum atomic E-state index is 13.9. The first-order valence-corrected chi connectivity index (χ1v) is 56.7. The first kappa shape index (κ1) is 104. The monoisotopic (exact) mass is 2170 g/mol. The molecule has 4 atom stereocenters. The Morgan fingerprint density at radius 1 is 0.404 bits per heavy atom. The molecule has 146 heavy (non-hydrogen) atoms. The molecule has 7 N–H and O–H groups in total. The fourth-order valence-electron chi connectivity index (χ4n) is 16.6. The Bertz CT molecular complexity index is 7890. The molecule has 1 aliphatic carbocycles. The summed E-state index contributed by atoms with van der Waals surface area (Å²) in [6, 6.07) is 76.3. The third-order valence-electron chi connectivity index (χ3n) is 23.9. The van der Waals surface area contributed by atoms with Crippen molar-refractivity contribution in [3.8, 4) is 87.1 Å². The Morgan fingerprint density at radius 2 is 0.733 bits per heavy atom. The number of nitrogens with one attached hydrogen (secondary N) is 3. The van der Waals surface area contributed by atoms with E-state index in [1.807, 2.05) is 196 Å². The maximum absolute atomic E-state index is 13.9. The first-order valence-electron chi connectivity index (χ1n) is 45.8. The minimum absolute atomic E-state index is 0.00699. The lowest BCUT2D eigenvalue weighted by Gasteiger charge is -2.32. The van der Waals surface area contributed by atoms with Gasteiger partial charge in [-0.1, -0.05) is 156 Å². The summed E-state index contributed by atoms with van der Waals surface area (Å²) in [5.74, 6) is -1.03. The second kappa shape index (κ2) is 45.0. The lowest BCUT2D eigenvalue weighted by atomic mass is 9.91. The van der Waals surface area contributed by atoms with Crippen molar-refractivity contribution >= 4 is 217 Å². The molecule has 12 aromatic heterocycles. The summed E-state index contributed by atoms with van der Waals surface area (Å²) in [5.41, 5.74) is 15.4. The zero-order valence-corrected chi connectivity index (χ0v) is 88.4. The van der Waals surface area contributed by atoms with Crippen LogP contribution in [-0.4, -0.2) is 104 Å². The van der Waals surface area contributed by atoms with Crippen LogP contribution >= 0.6 is 110 Å². The van der Waals surface area contributed by atoms with Crippen molar-refractivity contribution in [1.82, 2.24) is 19.9 Å². The van der Waals surface area contributed by atoms with Gasteiger partial charge >= 0.3 is 46.4 Å². The highest BCUT2D eigenvalue weighted by atomic mass is 35.5. The van der Waals surface area contributed by atoms with Gasteiger partial charge in [0.2, 0.25) is 0 Å². The van der Waals surface area contributed by atoms with E-state index in [0.29, 0.717) is 93.9 Å². The smallest absolute Gasteiger partial charge is 0.348 e. The zero-order valence-electron chi connectivity index (χ0n) is 79.3. The molecule has 0 saturated heterocycles. The second-order valence-corrected chi connectivity index (χ2v) is 48.2. The Hall–Kier alpha value is -13.2. The number of anilines is 4. The van der Waals surface area contributed by atoms with E-state index in [1.165, 1.54) is 23.9 Å². The summed E-state index contributed by atoms with van der Waals surface area (Å²) in [5, 5.41) is 50.5. The number of hydrogen-bond donors (Lipinski definition) is 7. The number of halogens is 3. The molecule has 0 aliphatic heterocycles. The van der Waals surface area contributed by atoms with E-state index in [-0.39, 0.29) is 60.1 Å². The molecule has 1 saturated carbocycles. The zero-order chi connectivity index (χ0) is 103. The van der Waals surface area contributed by atoms with Gasteiger partial charge in [-0.15, -0.1) is 45.3 Å². The number of rotatable bonds is 31. The topological polar surface area (TPSA) is 398 Å². The highest BCUT2D eigenvalue weighted by Gasteiger charge is 2.40. The second-order valence-electron chi connectivity index (χ2n) is 33.7. The van der Waals surface area contributed by atoms with E-state index < -0.39 is 54.0 Å². The van der Waals surface area contributed by atoms with Crippen LogP contribution in [0.2, 0.25) is 15.1 Å². The fourth-order valence-corrected chi connectivity index (χ4v) is 29.7. The number of pyridine rings is 4. The van der Waals surface area contributed by atoms with Crippen LogP contribution in [0.15, 0.2) is 297 Å². The molecule has 1 aliphatic rings. The number of aromatic nitrogens is 4. The van der Waals surface area contributed by atoms with Crippen LogP contribution in [0.25, 0.3) is 131 Å². The van der Waals surface area contributed by atoms with Crippen molar-refractivity contribution in [2.24, 2.45) is 5.92 Å². The molecule has 7 aromatic carbocycles. The molecule has 28 nitrogen and oxygen atoms in total. The van der Waals surface area contributed by atoms with Gasteiger partial charge in [0.1, 0.15) is 64.6 Å². The molecule has 746 valence electrons. The number of carboxylic acids is 4. The fraction of sp³-hybridized carbons (Fsp3) is 0.159. The van der Waals surface area contributed by atoms with Crippen LogP contribution in [0, 0.1) is 19.8 Å². The molecular formula is C107H93Cl3N8O20P4S4. The van der Waals surface area contributed by atoms with Crippen LogP contribution in [0.1, 0.15) is 103 Å². The average molecular weight is 2170 g/mol. The average Bonchev–Trinajstić information content (AvgIpc) is 1.56. The van der Waals surface area contributed by atoms with Gasteiger partial charge in [0.05, 0.1) is 69.2 Å². The van der Waals surface area contributed by atoms with Crippen LogP contribution < -0.4 is 35.8 Å². The van der Waals surface area contributed by atoms with Gasteiger partial charge in [-0.3, -0.25) is 42.9 Å². The number of furan rings is 4. The number of benzene rings is 7. The van der Waals surface area contributed by atoms with Crippen molar-refractivity contribution < 1.29 is 93.6 Å². The molecule has 0 radical (unpaired) electrons. The summed E-state index contributed by atoms with van der Waals surface area (Å²) in [6.07, 6.45) is 10.5. The van der Waals surface area contributed by atoms with E-state index in [1.54, 1.807) is 113 Å². The Balaban J connectivity index is 0.000000133. The van der Waals surface area contributed by atoms with Crippen molar-refractivity contribution in [1.29, 1.82) is 0 Å². The van der Waals surface area contributed by atoms with Crippen LogP contribution in [0.3, 0.4) is 0 Å². The molecule has 0 bridgehead atoms. The van der Waals surface area contributed by atoms with Gasteiger partial charge in [-0.25, -0.2) is 19.2 Å². The van der Waals surface area contributed by atoms with Crippen LogP contribution in [-0.2, 0) is 36.4 Å². The lowest BCUT2D eigenvalue weighted by Crippen LogP contribution is -2.24. The van der Waals surface area contributed by atoms with Crippen molar-refractivity contribution in [3.63, 3.8) is 0 Å². The highest BCUT2D eigenvalue weighted by Crippen LogP contribution is 2.60. The predicted octanol–water partition coefficient (Wildman–Crippen LogP) is 31.0. The lowest BCUT2D eigenvalue weighted by molar-refractivity contribution is 0.0692. The normalized spacial score (nSPS) is 14.6. The molecule has 19 aromatic rings. The minimum atomic E-state index is -3.77. The molecule has 1 fully saturated rings. The van der Waals surface area contributed by atoms with Crippen molar-refractivity contribution in [2.45, 2.75) is 72.9 Å². The van der Waals surface area contributed by atoms with Crippen molar-refractivity contribution in [3.05, 3.63) is 325 Å². The van der Waals surface area contributed by atoms with Gasteiger partial charge in [0.25, 0.3) is 7.52 Å². The van der Waals surface area contributed by atoms with Gasteiger partial charge < -0.3 is 71.5 Å². The molecule has 39 heteroatoms. The largest absolute Gasteiger partial charge is 0.477 e. The number of nitrogens with zero attached hydrogens (tertiary/aromatic N) is 5. The molecule has 0 amide bonds. The highest BCUT2D eigenvalue weighted by molar-refractivity contribution is 7.69. The van der Waals surface area contributed by atoms with E-state index in [4.69, 9.17) is 70.6 Å². The molecule has 20 rings (SSSR count). The summed E-state index contributed by atoms with van der Waals surface area (Å²) in [6.45, 7) is 11.8. The molecule has 12 heterocycles. The summed E-state index contributed by atoms with van der Waals surface area (Å²) < 4.78 is 103.